The Hall–Kier alpha value is -2.92. The van der Waals surface area contributed by atoms with Crippen LogP contribution in [-0.4, -0.2) is 57.3 Å². The van der Waals surface area contributed by atoms with Crippen molar-refractivity contribution < 1.29 is 32.3 Å². The smallest absolute Gasteiger partial charge is 0.410 e. The molecule has 178 valence electrons. The van der Waals surface area contributed by atoms with Gasteiger partial charge in [0, 0.05) is 11.4 Å². The highest BCUT2D eigenvalue weighted by Crippen LogP contribution is 2.38. The largest absolute Gasteiger partial charge is 0.465 e. The normalized spacial score (nSPS) is 13.2. The van der Waals surface area contributed by atoms with Crippen molar-refractivity contribution in [1.82, 2.24) is 4.90 Å². The molecule has 0 saturated carbocycles. The maximum Gasteiger partial charge on any atom is 0.410 e. The quantitative estimate of drug-likeness (QED) is 0.588. The maximum atomic E-state index is 12.7. The lowest BCUT2D eigenvalue weighted by atomic mass is 10.0. The van der Waals surface area contributed by atoms with E-state index in [0.29, 0.717) is 29.1 Å². The van der Waals surface area contributed by atoms with Crippen molar-refractivity contribution in [1.29, 1.82) is 0 Å². The van der Waals surface area contributed by atoms with Crippen molar-refractivity contribution in [3.05, 3.63) is 45.8 Å². The van der Waals surface area contributed by atoms with Crippen LogP contribution in [0.2, 0.25) is 0 Å². The van der Waals surface area contributed by atoms with E-state index in [4.69, 9.17) is 9.47 Å². The number of methoxy groups -OCH3 is 1. The number of amides is 2. The van der Waals surface area contributed by atoms with Gasteiger partial charge in [0.25, 0.3) is 0 Å². The van der Waals surface area contributed by atoms with E-state index in [1.54, 1.807) is 30.9 Å². The Kier molecular flexibility index (Phi) is 7.75. The SMILES string of the molecule is CCOC(=O)N1CCc2c(sc(NC(=O)Cc3ccc(S(=O)(=O)CC)cc3)c2C(=O)OC)C1. The van der Waals surface area contributed by atoms with Crippen LogP contribution in [-0.2, 0) is 43.5 Å². The summed E-state index contributed by atoms with van der Waals surface area (Å²) in [6.45, 7) is 4.26. The van der Waals surface area contributed by atoms with E-state index < -0.39 is 21.9 Å². The maximum absolute atomic E-state index is 12.7. The van der Waals surface area contributed by atoms with Crippen LogP contribution in [0.1, 0.15) is 40.2 Å². The van der Waals surface area contributed by atoms with Gasteiger partial charge in [0.1, 0.15) is 5.00 Å². The summed E-state index contributed by atoms with van der Waals surface area (Å²) in [5, 5.41) is 3.15. The summed E-state index contributed by atoms with van der Waals surface area (Å²) in [5.74, 6) is -0.909. The Morgan fingerprint density at radius 1 is 1.15 bits per heavy atom. The zero-order valence-electron chi connectivity index (χ0n) is 18.7. The van der Waals surface area contributed by atoms with Gasteiger partial charge in [-0.3, -0.25) is 4.79 Å². The minimum absolute atomic E-state index is 0.000221. The molecule has 0 unspecified atom stereocenters. The average Bonchev–Trinajstić information content (AvgIpc) is 3.15. The number of thiophene rings is 1. The lowest BCUT2D eigenvalue weighted by molar-refractivity contribution is -0.115. The highest BCUT2D eigenvalue weighted by Gasteiger charge is 2.31. The molecule has 1 N–H and O–H groups in total. The van der Waals surface area contributed by atoms with Crippen molar-refractivity contribution in [3.8, 4) is 0 Å². The third-order valence-electron chi connectivity index (χ3n) is 5.25. The van der Waals surface area contributed by atoms with Gasteiger partial charge >= 0.3 is 12.1 Å². The van der Waals surface area contributed by atoms with Gasteiger partial charge in [-0.05, 0) is 36.6 Å². The first-order valence-corrected chi connectivity index (χ1v) is 12.9. The summed E-state index contributed by atoms with van der Waals surface area (Å²) >= 11 is 1.23. The van der Waals surface area contributed by atoms with Gasteiger partial charge in [-0.25, -0.2) is 18.0 Å². The molecule has 1 aromatic carbocycles. The number of carbonyl (C=O) groups is 3. The molecule has 33 heavy (non-hydrogen) atoms. The van der Waals surface area contributed by atoms with E-state index in [2.05, 4.69) is 5.32 Å². The topological polar surface area (TPSA) is 119 Å². The lowest BCUT2D eigenvalue weighted by Gasteiger charge is -2.26. The van der Waals surface area contributed by atoms with Crippen LogP contribution >= 0.6 is 11.3 Å². The first kappa shape index (κ1) is 24.7. The van der Waals surface area contributed by atoms with Crippen LogP contribution < -0.4 is 5.32 Å². The molecule has 3 rings (SSSR count). The van der Waals surface area contributed by atoms with E-state index in [-0.39, 0.29) is 36.1 Å². The molecule has 1 aromatic heterocycles. The van der Waals surface area contributed by atoms with Crippen LogP contribution in [0.25, 0.3) is 0 Å². The van der Waals surface area contributed by atoms with Crippen LogP contribution in [0.3, 0.4) is 0 Å². The van der Waals surface area contributed by atoms with E-state index >= 15 is 0 Å². The van der Waals surface area contributed by atoms with E-state index in [1.807, 2.05) is 0 Å². The van der Waals surface area contributed by atoms with Gasteiger partial charge in [0.05, 0.1) is 42.9 Å². The molecule has 11 heteroatoms. The molecule has 2 aromatic rings. The van der Waals surface area contributed by atoms with E-state index in [9.17, 15) is 22.8 Å². The first-order chi connectivity index (χ1) is 15.7. The van der Waals surface area contributed by atoms with E-state index in [1.165, 1.54) is 30.6 Å². The predicted octanol–water partition coefficient (Wildman–Crippen LogP) is 3.02. The Labute approximate surface area is 196 Å². The van der Waals surface area contributed by atoms with Crippen LogP contribution in [0.5, 0.6) is 0 Å². The zero-order valence-corrected chi connectivity index (χ0v) is 20.3. The van der Waals surface area contributed by atoms with Crippen molar-refractivity contribution in [2.24, 2.45) is 0 Å². The van der Waals surface area contributed by atoms with Gasteiger partial charge in [-0.2, -0.15) is 0 Å². The molecule has 1 aliphatic heterocycles. The number of rotatable bonds is 7. The second-order valence-corrected chi connectivity index (χ2v) is 10.7. The Balaban J connectivity index is 1.78. The molecule has 0 spiro atoms. The number of anilines is 1. The predicted molar refractivity (Wildman–Crippen MR) is 123 cm³/mol. The number of benzene rings is 1. The van der Waals surface area contributed by atoms with Gasteiger partial charge in [-0.1, -0.05) is 19.1 Å². The number of fused-ring (bicyclic) bond motifs is 1. The third kappa shape index (κ3) is 5.53. The molecule has 0 saturated heterocycles. The Morgan fingerprint density at radius 3 is 2.45 bits per heavy atom. The van der Waals surface area contributed by atoms with Crippen molar-refractivity contribution in [2.75, 3.05) is 31.3 Å². The number of sulfone groups is 1. The summed E-state index contributed by atoms with van der Waals surface area (Å²) < 4.78 is 33.9. The number of esters is 1. The van der Waals surface area contributed by atoms with Gasteiger partial charge < -0.3 is 19.7 Å². The molecule has 0 fully saturated rings. The second kappa shape index (κ2) is 10.3. The number of hydrogen-bond donors (Lipinski definition) is 1. The molecule has 0 atom stereocenters. The van der Waals surface area contributed by atoms with Gasteiger partial charge in [-0.15, -0.1) is 11.3 Å². The highest BCUT2D eigenvalue weighted by atomic mass is 32.2. The molecule has 2 heterocycles. The summed E-state index contributed by atoms with van der Waals surface area (Å²) in [4.78, 5) is 39.8. The Morgan fingerprint density at radius 2 is 1.85 bits per heavy atom. The fourth-order valence-corrected chi connectivity index (χ4v) is 5.67. The van der Waals surface area contributed by atoms with Gasteiger partial charge in [0.2, 0.25) is 5.91 Å². The van der Waals surface area contributed by atoms with Crippen LogP contribution in [0.4, 0.5) is 9.80 Å². The third-order valence-corrected chi connectivity index (χ3v) is 8.14. The van der Waals surface area contributed by atoms with Gasteiger partial charge in [0.15, 0.2) is 9.84 Å². The first-order valence-electron chi connectivity index (χ1n) is 10.5. The molecule has 1 aliphatic rings. The number of hydrogen-bond acceptors (Lipinski definition) is 8. The number of carbonyl (C=O) groups excluding carboxylic acids is 3. The zero-order chi connectivity index (χ0) is 24.2. The molecular weight excluding hydrogens is 468 g/mol. The van der Waals surface area contributed by atoms with Crippen molar-refractivity contribution in [3.63, 3.8) is 0 Å². The summed E-state index contributed by atoms with van der Waals surface area (Å²) in [6.07, 6.45) is 0.0263. The number of nitrogens with one attached hydrogen (secondary N) is 1. The van der Waals surface area contributed by atoms with Crippen molar-refractivity contribution >= 4 is 44.1 Å². The van der Waals surface area contributed by atoms with Crippen LogP contribution in [0.15, 0.2) is 29.2 Å². The highest BCUT2D eigenvalue weighted by molar-refractivity contribution is 7.91. The molecule has 0 bridgehead atoms. The fraction of sp³-hybridized carbons (Fsp3) is 0.409. The number of ether oxygens (including phenoxy) is 2. The fourth-order valence-electron chi connectivity index (χ4n) is 3.52. The van der Waals surface area contributed by atoms with E-state index in [0.717, 1.165) is 10.4 Å². The molecular formula is C22H26N2O7S2. The summed E-state index contributed by atoms with van der Waals surface area (Å²) in [6, 6.07) is 6.16. The molecule has 9 nitrogen and oxygen atoms in total. The summed E-state index contributed by atoms with van der Waals surface area (Å²) in [7, 11) is -2.04. The van der Waals surface area contributed by atoms with Crippen molar-refractivity contribution in [2.45, 2.75) is 38.1 Å². The van der Waals surface area contributed by atoms with Crippen LogP contribution in [0, 0.1) is 0 Å². The monoisotopic (exact) mass is 494 g/mol. The second-order valence-electron chi connectivity index (χ2n) is 7.34. The minimum Gasteiger partial charge on any atom is -0.465 e. The minimum atomic E-state index is -3.31. The molecule has 0 radical (unpaired) electrons. The standard InChI is InChI=1S/C22H26N2O7S2/c1-4-31-22(27)24-11-10-16-17(13-24)32-20(19(16)21(26)30-3)23-18(25)12-14-6-8-15(9-7-14)33(28,29)5-2/h6-9H,4-5,10-13H2,1-3H3,(H,23,25). The Bertz CT molecular complexity index is 1150. The molecule has 2 amide bonds. The molecule has 0 aliphatic carbocycles. The number of nitrogens with zero attached hydrogens (tertiary/aromatic N) is 1. The average molecular weight is 495 g/mol. The summed E-state index contributed by atoms with van der Waals surface area (Å²) in [5.41, 5.74) is 1.70. The lowest BCUT2D eigenvalue weighted by Crippen LogP contribution is -2.36.